The number of ether oxygens (including phenoxy) is 2. The molecule has 164 valence electrons. The predicted molar refractivity (Wildman–Crippen MR) is 111 cm³/mol. The van der Waals surface area contributed by atoms with Crippen molar-refractivity contribution in [1.82, 2.24) is 19.6 Å². The average molecular weight is 417 g/mol. The summed E-state index contributed by atoms with van der Waals surface area (Å²) in [6.45, 7) is 8.51. The van der Waals surface area contributed by atoms with Gasteiger partial charge in [-0.3, -0.25) is 4.79 Å². The Hall–Kier alpha value is -2.19. The van der Waals surface area contributed by atoms with Crippen LogP contribution < -0.4 is 0 Å². The van der Waals surface area contributed by atoms with E-state index in [1.807, 2.05) is 17.9 Å². The number of rotatable bonds is 7. The SMILES string of the molecule is COCCCn1c(C)cc(C(=O)N2CCC(c3nc(C4CCOCC4)no3)C2)c1C. The summed E-state index contributed by atoms with van der Waals surface area (Å²) in [5.41, 5.74) is 2.93. The standard InChI is InChI=1S/C22H32N4O4/c1-15-13-19(16(2)26(15)8-4-10-28-3)22(27)25-9-5-18(14-25)21-23-20(24-30-21)17-6-11-29-12-7-17/h13,17-18H,4-12,14H2,1-3H3. The van der Waals surface area contributed by atoms with Crippen LogP contribution in [0.2, 0.25) is 0 Å². The molecule has 1 unspecified atom stereocenters. The zero-order chi connectivity index (χ0) is 21.1. The molecule has 8 heteroatoms. The van der Waals surface area contributed by atoms with Crippen LogP contribution in [-0.4, -0.2) is 65.5 Å². The van der Waals surface area contributed by atoms with Crippen LogP contribution in [-0.2, 0) is 16.0 Å². The number of carbonyl (C=O) groups excluding carboxylic acids is 1. The largest absolute Gasteiger partial charge is 0.385 e. The van der Waals surface area contributed by atoms with Gasteiger partial charge in [0.05, 0.1) is 11.5 Å². The Balaban J connectivity index is 1.40. The van der Waals surface area contributed by atoms with E-state index in [-0.39, 0.29) is 11.8 Å². The number of aromatic nitrogens is 3. The monoisotopic (exact) mass is 416 g/mol. The lowest BCUT2D eigenvalue weighted by atomic mass is 10.00. The molecule has 0 N–H and O–H groups in total. The van der Waals surface area contributed by atoms with E-state index in [9.17, 15) is 4.79 Å². The molecule has 0 saturated carbocycles. The van der Waals surface area contributed by atoms with Crippen LogP contribution in [0, 0.1) is 13.8 Å². The highest BCUT2D eigenvalue weighted by atomic mass is 16.5. The molecule has 4 heterocycles. The van der Waals surface area contributed by atoms with Gasteiger partial charge in [0.25, 0.3) is 5.91 Å². The van der Waals surface area contributed by atoms with E-state index in [1.54, 1.807) is 7.11 Å². The third kappa shape index (κ3) is 4.30. The van der Waals surface area contributed by atoms with Crippen molar-refractivity contribution >= 4 is 5.91 Å². The van der Waals surface area contributed by atoms with Gasteiger partial charge in [0.1, 0.15) is 0 Å². The molecule has 0 bridgehead atoms. The van der Waals surface area contributed by atoms with Crippen molar-refractivity contribution < 1.29 is 18.8 Å². The van der Waals surface area contributed by atoms with E-state index in [4.69, 9.17) is 14.0 Å². The maximum atomic E-state index is 13.2. The smallest absolute Gasteiger partial charge is 0.255 e. The van der Waals surface area contributed by atoms with Crippen molar-refractivity contribution in [2.24, 2.45) is 0 Å². The van der Waals surface area contributed by atoms with Crippen LogP contribution in [0.25, 0.3) is 0 Å². The Morgan fingerprint density at radius 2 is 2.03 bits per heavy atom. The number of hydrogen-bond acceptors (Lipinski definition) is 6. The van der Waals surface area contributed by atoms with Crippen LogP contribution >= 0.6 is 0 Å². The minimum atomic E-state index is 0.0905. The van der Waals surface area contributed by atoms with Crippen molar-refractivity contribution in [3.63, 3.8) is 0 Å². The fourth-order valence-corrected chi connectivity index (χ4v) is 4.58. The van der Waals surface area contributed by atoms with Gasteiger partial charge in [-0.1, -0.05) is 5.16 Å². The lowest BCUT2D eigenvalue weighted by Crippen LogP contribution is -2.29. The molecule has 8 nitrogen and oxygen atoms in total. The van der Waals surface area contributed by atoms with E-state index in [0.29, 0.717) is 31.5 Å². The molecular formula is C22H32N4O4. The second-order valence-corrected chi connectivity index (χ2v) is 8.40. The molecule has 1 atom stereocenters. The van der Waals surface area contributed by atoms with Crippen LogP contribution in [0.4, 0.5) is 0 Å². The highest BCUT2D eigenvalue weighted by Gasteiger charge is 2.33. The lowest BCUT2D eigenvalue weighted by molar-refractivity contribution is 0.0788. The minimum absolute atomic E-state index is 0.0905. The van der Waals surface area contributed by atoms with Crippen molar-refractivity contribution in [1.29, 1.82) is 0 Å². The number of aryl methyl sites for hydroxylation is 1. The third-order valence-electron chi connectivity index (χ3n) is 6.40. The number of methoxy groups -OCH3 is 1. The number of carbonyl (C=O) groups is 1. The summed E-state index contributed by atoms with van der Waals surface area (Å²) in [6.07, 6.45) is 3.66. The molecular weight excluding hydrogens is 384 g/mol. The maximum Gasteiger partial charge on any atom is 0.255 e. The summed E-state index contributed by atoms with van der Waals surface area (Å²) in [7, 11) is 1.71. The zero-order valence-electron chi connectivity index (χ0n) is 18.2. The van der Waals surface area contributed by atoms with Gasteiger partial charge in [-0.15, -0.1) is 0 Å². The van der Waals surface area contributed by atoms with Gasteiger partial charge < -0.3 is 23.5 Å². The Bertz CT molecular complexity index is 869. The van der Waals surface area contributed by atoms with E-state index in [0.717, 1.165) is 68.2 Å². The van der Waals surface area contributed by atoms with Gasteiger partial charge in [0.2, 0.25) is 5.89 Å². The molecule has 2 aliphatic heterocycles. The first kappa shape index (κ1) is 21.1. The van der Waals surface area contributed by atoms with Gasteiger partial charge >= 0.3 is 0 Å². The van der Waals surface area contributed by atoms with Gasteiger partial charge in [-0.2, -0.15) is 4.98 Å². The molecule has 30 heavy (non-hydrogen) atoms. The Morgan fingerprint density at radius 3 is 2.80 bits per heavy atom. The Morgan fingerprint density at radius 1 is 1.23 bits per heavy atom. The van der Waals surface area contributed by atoms with Crippen molar-refractivity contribution in [3.8, 4) is 0 Å². The molecule has 4 rings (SSSR count). The minimum Gasteiger partial charge on any atom is -0.385 e. The average Bonchev–Trinajstić information content (AvgIpc) is 3.49. The molecule has 0 aliphatic carbocycles. The van der Waals surface area contributed by atoms with E-state index >= 15 is 0 Å². The summed E-state index contributed by atoms with van der Waals surface area (Å²) in [5.74, 6) is 1.97. The van der Waals surface area contributed by atoms with Crippen molar-refractivity contribution in [2.75, 3.05) is 40.0 Å². The normalized spacial score (nSPS) is 20.2. The fraction of sp³-hybridized carbons (Fsp3) is 0.682. The molecule has 1 amide bonds. The summed E-state index contributed by atoms with van der Waals surface area (Å²) in [5, 5.41) is 4.22. The molecule has 2 fully saturated rings. The summed E-state index contributed by atoms with van der Waals surface area (Å²) < 4.78 is 18.4. The molecule has 0 spiro atoms. The van der Waals surface area contributed by atoms with Gasteiger partial charge in [0.15, 0.2) is 5.82 Å². The first-order valence-electron chi connectivity index (χ1n) is 10.9. The Kier molecular flexibility index (Phi) is 6.53. The maximum absolute atomic E-state index is 13.2. The predicted octanol–water partition coefficient (Wildman–Crippen LogP) is 3.05. The first-order valence-corrected chi connectivity index (χ1v) is 10.9. The van der Waals surface area contributed by atoms with Crippen LogP contribution in [0.1, 0.15) is 71.0 Å². The number of amides is 1. The second kappa shape index (κ2) is 9.31. The third-order valence-corrected chi connectivity index (χ3v) is 6.40. The highest BCUT2D eigenvalue weighted by molar-refractivity contribution is 5.96. The van der Waals surface area contributed by atoms with Crippen LogP contribution in [0.5, 0.6) is 0 Å². The van der Waals surface area contributed by atoms with Crippen LogP contribution in [0.3, 0.4) is 0 Å². The highest BCUT2D eigenvalue weighted by Crippen LogP contribution is 2.31. The summed E-state index contributed by atoms with van der Waals surface area (Å²) in [4.78, 5) is 19.8. The van der Waals surface area contributed by atoms with E-state index < -0.39 is 0 Å². The Labute approximate surface area is 177 Å². The van der Waals surface area contributed by atoms with Gasteiger partial charge in [-0.05, 0) is 45.6 Å². The van der Waals surface area contributed by atoms with E-state index in [2.05, 4.69) is 21.6 Å². The van der Waals surface area contributed by atoms with Gasteiger partial charge in [-0.25, -0.2) is 0 Å². The van der Waals surface area contributed by atoms with Crippen molar-refractivity contribution in [2.45, 2.75) is 57.9 Å². The van der Waals surface area contributed by atoms with Crippen molar-refractivity contribution in [3.05, 3.63) is 34.7 Å². The molecule has 2 aliphatic rings. The number of nitrogens with zero attached hydrogens (tertiary/aromatic N) is 4. The zero-order valence-corrected chi connectivity index (χ0v) is 18.2. The molecule has 2 aromatic heterocycles. The quantitative estimate of drug-likeness (QED) is 0.645. The molecule has 2 aromatic rings. The van der Waals surface area contributed by atoms with Gasteiger partial charge in [0, 0.05) is 63.9 Å². The summed E-state index contributed by atoms with van der Waals surface area (Å²) in [6, 6.07) is 2.01. The number of hydrogen-bond donors (Lipinski definition) is 0. The first-order chi connectivity index (χ1) is 14.6. The molecule has 0 aromatic carbocycles. The number of likely N-dealkylation sites (tertiary alicyclic amines) is 1. The molecule has 0 radical (unpaired) electrons. The second-order valence-electron chi connectivity index (χ2n) is 8.40. The molecule has 2 saturated heterocycles. The van der Waals surface area contributed by atoms with Crippen LogP contribution in [0.15, 0.2) is 10.6 Å². The fourth-order valence-electron chi connectivity index (χ4n) is 4.58. The van der Waals surface area contributed by atoms with E-state index in [1.165, 1.54) is 0 Å². The lowest BCUT2D eigenvalue weighted by Gasteiger charge is -2.18. The summed E-state index contributed by atoms with van der Waals surface area (Å²) >= 11 is 0. The topological polar surface area (TPSA) is 82.6 Å².